The molecule has 1 aromatic carbocycles. The van der Waals surface area contributed by atoms with Gasteiger partial charge in [0.2, 0.25) is 11.8 Å². The number of hydrogen-bond donors (Lipinski definition) is 3. The smallest absolute Gasteiger partial charge is 0.262 e. The normalized spacial score (nSPS) is 27.2. The third kappa shape index (κ3) is 3.74. The van der Waals surface area contributed by atoms with Gasteiger partial charge in [0.05, 0.1) is 23.8 Å². The van der Waals surface area contributed by atoms with Crippen LogP contribution in [-0.4, -0.2) is 66.9 Å². The lowest BCUT2D eigenvalue weighted by Gasteiger charge is -2.32. The van der Waals surface area contributed by atoms with Crippen LogP contribution in [0, 0.1) is 5.41 Å². The Hall–Kier alpha value is -2.62. The molecule has 9 heteroatoms. The van der Waals surface area contributed by atoms with E-state index < -0.39 is 23.8 Å². The van der Waals surface area contributed by atoms with E-state index in [-0.39, 0.29) is 30.3 Å². The highest BCUT2D eigenvalue weighted by Crippen LogP contribution is 2.40. The van der Waals surface area contributed by atoms with E-state index in [1.54, 1.807) is 12.1 Å². The molecule has 5 rings (SSSR count). The summed E-state index contributed by atoms with van der Waals surface area (Å²) in [6, 6.07) is 4.25. The van der Waals surface area contributed by atoms with E-state index >= 15 is 0 Å². The number of amides is 4. The zero-order chi connectivity index (χ0) is 22.3. The topological polar surface area (TPSA) is 117 Å². The number of carbonyl (C=O) groups is 4. The first kappa shape index (κ1) is 21.2. The van der Waals surface area contributed by atoms with Crippen molar-refractivity contribution < 1.29 is 23.9 Å². The first-order chi connectivity index (χ1) is 15.5. The first-order valence-corrected chi connectivity index (χ1v) is 11.3. The van der Waals surface area contributed by atoms with Crippen molar-refractivity contribution in [2.45, 2.75) is 50.8 Å². The molecule has 0 aromatic heterocycles. The van der Waals surface area contributed by atoms with Gasteiger partial charge in [-0.1, -0.05) is 12.1 Å². The Morgan fingerprint density at radius 3 is 2.72 bits per heavy atom. The summed E-state index contributed by atoms with van der Waals surface area (Å²) >= 11 is 0. The van der Waals surface area contributed by atoms with Gasteiger partial charge in [-0.2, -0.15) is 0 Å². The number of rotatable bonds is 5. The van der Waals surface area contributed by atoms with Crippen molar-refractivity contribution in [2.75, 3.05) is 26.2 Å². The molecular weight excluding hydrogens is 412 g/mol. The quantitative estimate of drug-likeness (QED) is 0.565. The first-order valence-electron chi connectivity index (χ1n) is 11.3. The second-order valence-corrected chi connectivity index (χ2v) is 9.30. The van der Waals surface area contributed by atoms with E-state index in [9.17, 15) is 19.2 Å². The molecule has 2 atom stereocenters. The van der Waals surface area contributed by atoms with E-state index in [0.29, 0.717) is 24.2 Å². The molecule has 9 nitrogen and oxygen atoms in total. The molecule has 3 saturated heterocycles. The van der Waals surface area contributed by atoms with Gasteiger partial charge in [0.15, 0.2) is 0 Å². The molecule has 32 heavy (non-hydrogen) atoms. The highest BCUT2D eigenvalue weighted by atomic mass is 16.5. The van der Waals surface area contributed by atoms with Crippen LogP contribution in [-0.2, 0) is 20.9 Å². The summed E-state index contributed by atoms with van der Waals surface area (Å²) < 4.78 is 6.04. The fourth-order valence-electron chi connectivity index (χ4n) is 5.43. The largest absolute Gasteiger partial charge is 0.376 e. The Morgan fingerprint density at radius 1 is 1.12 bits per heavy atom. The second kappa shape index (κ2) is 8.38. The molecule has 0 radical (unpaired) electrons. The van der Waals surface area contributed by atoms with Gasteiger partial charge in [-0.25, -0.2) is 0 Å². The van der Waals surface area contributed by atoms with Crippen LogP contribution in [0.5, 0.6) is 0 Å². The van der Waals surface area contributed by atoms with Crippen LogP contribution in [0.25, 0.3) is 0 Å². The summed E-state index contributed by atoms with van der Waals surface area (Å²) in [6.07, 6.45) is 3.72. The minimum absolute atomic E-state index is 0.108. The fraction of sp³-hybridized carbons (Fsp3) is 0.565. The zero-order valence-corrected chi connectivity index (χ0v) is 17.9. The van der Waals surface area contributed by atoms with Gasteiger partial charge < -0.3 is 15.4 Å². The maximum absolute atomic E-state index is 13.2. The standard InChI is InChI=1S/C23H28N4O5/c28-18-5-4-17(20(29)26-18)27-21(30)16-3-1-2-14(19(16)22(27)31)11-25-12-15-10-23(13-32-15)6-8-24-9-7-23/h1-3,15,17,24-25H,4-13H2,(H,26,28,29). The predicted molar refractivity (Wildman–Crippen MR) is 114 cm³/mol. The number of benzene rings is 1. The van der Waals surface area contributed by atoms with Crippen LogP contribution in [0.15, 0.2) is 18.2 Å². The highest BCUT2D eigenvalue weighted by molar-refractivity contribution is 6.24. The number of ether oxygens (including phenoxy) is 1. The number of imide groups is 2. The average molecular weight is 441 g/mol. The molecule has 0 saturated carbocycles. The molecule has 4 amide bonds. The summed E-state index contributed by atoms with van der Waals surface area (Å²) in [5.74, 6) is -1.93. The van der Waals surface area contributed by atoms with Crippen molar-refractivity contribution in [3.63, 3.8) is 0 Å². The van der Waals surface area contributed by atoms with Crippen molar-refractivity contribution in [3.8, 4) is 0 Å². The molecule has 2 unspecified atom stereocenters. The van der Waals surface area contributed by atoms with E-state index in [2.05, 4.69) is 16.0 Å². The van der Waals surface area contributed by atoms with Gasteiger partial charge in [0.1, 0.15) is 6.04 Å². The van der Waals surface area contributed by atoms with Gasteiger partial charge in [0.25, 0.3) is 11.8 Å². The number of nitrogens with zero attached hydrogens (tertiary/aromatic N) is 1. The highest BCUT2D eigenvalue weighted by Gasteiger charge is 2.45. The molecule has 4 heterocycles. The Morgan fingerprint density at radius 2 is 1.94 bits per heavy atom. The van der Waals surface area contributed by atoms with Crippen molar-refractivity contribution in [1.82, 2.24) is 20.9 Å². The van der Waals surface area contributed by atoms with E-state index in [0.717, 1.165) is 49.4 Å². The lowest BCUT2D eigenvalue weighted by molar-refractivity contribution is -0.136. The molecule has 1 aromatic rings. The monoisotopic (exact) mass is 440 g/mol. The molecule has 0 aliphatic carbocycles. The number of hydrogen-bond acceptors (Lipinski definition) is 7. The Labute approximate surface area is 186 Å². The van der Waals surface area contributed by atoms with Crippen molar-refractivity contribution in [3.05, 3.63) is 34.9 Å². The van der Waals surface area contributed by atoms with E-state index in [4.69, 9.17) is 4.74 Å². The second-order valence-electron chi connectivity index (χ2n) is 9.30. The third-order valence-electron chi connectivity index (χ3n) is 7.19. The van der Waals surface area contributed by atoms with Gasteiger partial charge >= 0.3 is 0 Å². The predicted octanol–water partition coefficient (Wildman–Crippen LogP) is 0.336. The number of carbonyl (C=O) groups excluding carboxylic acids is 4. The van der Waals surface area contributed by atoms with Gasteiger partial charge in [-0.3, -0.25) is 29.4 Å². The van der Waals surface area contributed by atoms with Crippen molar-refractivity contribution >= 4 is 23.6 Å². The summed E-state index contributed by atoms with van der Waals surface area (Å²) in [6.45, 7) is 3.99. The summed E-state index contributed by atoms with van der Waals surface area (Å²) in [5, 5.41) is 9.02. The Balaban J connectivity index is 1.24. The minimum Gasteiger partial charge on any atom is -0.376 e. The number of piperidine rings is 2. The fourth-order valence-corrected chi connectivity index (χ4v) is 5.43. The average Bonchev–Trinajstić information content (AvgIpc) is 3.28. The lowest BCUT2D eigenvalue weighted by atomic mass is 9.77. The summed E-state index contributed by atoms with van der Waals surface area (Å²) in [4.78, 5) is 50.8. The van der Waals surface area contributed by atoms with Crippen molar-refractivity contribution in [2.24, 2.45) is 5.41 Å². The SMILES string of the molecule is O=C1CCC(N2C(=O)c3cccc(CNCC4CC5(CCNCC5)CO4)c3C2=O)C(=O)N1. The summed E-state index contributed by atoms with van der Waals surface area (Å²) in [5.41, 5.74) is 1.67. The van der Waals surface area contributed by atoms with Crippen LogP contribution in [0.4, 0.5) is 0 Å². The molecule has 170 valence electrons. The lowest BCUT2D eigenvalue weighted by Crippen LogP contribution is -2.54. The summed E-state index contributed by atoms with van der Waals surface area (Å²) in [7, 11) is 0. The Kier molecular flexibility index (Phi) is 5.56. The van der Waals surface area contributed by atoms with Gasteiger partial charge in [-0.15, -0.1) is 0 Å². The molecule has 1 spiro atoms. The maximum Gasteiger partial charge on any atom is 0.262 e. The molecule has 3 N–H and O–H groups in total. The molecule has 0 bridgehead atoms. The molecule has 4 aliphatic rings. The van der Waals surface area contributed by atoms with E-state index in [1.807, 2.05) is 6.07 Å². The Bertz CT molecular complexity index is 971. The van der Waals surface area contributed by atoms with Crippen LogP contribution in [0.2, 0.25) is 0 Å². The molecule has 3 fully saturated rings. The van der Waals surface area contributed by atoms with Gasteiger partial charge in [-0.05, 0) is 55.8 Å². The van der Waals surface area contributed by atoms with Crippen LogP contribution in [0.1, 0.15) is 58.4 Å². The van der Waals surface area contributed by atoms with Crippen molar-refractivity contribution in [1.29, 1.82) is 0 Å². The van der Waals surface area contributed by atoms with Crippen LogP contribution in [0.3, 0.4) is 0 Å². The number of fused-ring (bicyclic) bond motifs is 1. The third-order valence-corrected chi connectivity index (χ3v) is 7.19. The van der Waals surface area contributed by atoms with E-state index in [1.165, 1.54) is 0 Å². The zero-order valence-electron chi connectivity index (χ0n) is 17.9. The minimum atomic E-state index is -0.950. The van der Waals surface area contributed by atoms with Gasteiger partial charge in [0, 0.05) is 19.5 Å². The number of nitrogens with one attached hydrogen (secondary N) is 3. The van der Waals surface area contributed by atoms with Crippen LogP contribution < -0.4 is 16.0 Å². The molecule has 4 aliphatic heterocycles. The maximum atomic E-state index is 13.2. The van der Waals surface area contributed by atoms with Crippen LogP contribution >= 0.6 is 0 Å². The molecular formula is C23H28N4O5.